The number of nitrogens with two attached hydrogens (primary N) is 1. The number of nitrogens with one attached hydrogen (secondary N) is 1. The van der Waals surface area contributed by atoms with E-state index in [0.29, 0.717) is 13.2 Å². The van der Waals surface area contributed by atoms with E-state index >= 15 is 0 Å². The third-order valence-corrected chi connectivity index (χ3v) is 3.46. The lowest BCUT2D eigenvalue weighted by Gasteiger charge is -2.40. The van der Waals surface area contributed by atoms with Gasteiger partial charge in [0.25, 0.3) is 0 Å². The van der Waals surface area contributed by atoms with Crippen LogP contribution >= 0.6 is 0 Å². The third-order valence-electron chi connectivity index (χ3n) is 3.46. The van der Waals surface area contributed by atoms with Gasteiger partial charge in [0, 0.05) is 23.8 Å². The summed E-state index contributed by atoms with van der Waals surface area (Å²) in [5.41, 5.74) is 8.43. The SMILES string of the molecule is Cc1ccc(N2CC(CO)OCC2C)c(C(=N)N)c1. The summed E-state index contributed by atoms with van der Waals surface area (Å²) in [5, 5.41) is 17.0. The van der Waals surface area contributed by atoms with Crippen molar-refractivity contribution in [3.63, 3.8) is 0 Å². The Bertz CT molecular complexity index is 476. The van der Waals surface area contributed by atoms with Crippen molar-refractivity contribution < 1.29 is 9.84 Å². The van der Waals surface area contributed by atoms with Crippen LogP contribution in [0.4, 0.5) is 5.69 Å². The van der Waals surface area contributed by atoms with E-state index in [-0.39, 0.29) is 24.6 Å². The molecule has 0 aromatic heterocycles. The predicted molar refractivity (Wildman–Crippen MR) is 75.8 cm³/mol. The standard InChI is InChI=1S/C14H21N3O2/c1-9-3-4-13(12(5-9)14(15)16)17-6-11(7-18)19-8-10(17)2/h3-5,10-11,18H,6-8H2,1-2H3,(H3,15,16). The minimum atomic E-state index is -0.183. The van der Waals surface area contributed by atoms with Crippen molar-refractivity contribution >= 4 is 11.5 Å². The first-order chi connectivity index (χ1) is 9.02. The Morgan fingerprint density at radius 2 is 2.32 bits per heavy atom. The van der Waals surface area contributed by atoms with Crippen LogP contribution in [-0.2, 0) is 4.74 Å². The topological polar surface area (TPSA) is 82.6 Å². The summed E-state index contributed by atoms with van der Waals surface area (Å²) in [6.45, 7) is 5.23. The van der Waals surface area contributed by atoms with Crippen molar-refractivity contribution in [1.82, 2.24) is 0 Å². The Balaban J connectivity index is 2.36. The van der Waals surface area contributed by atoms with E-state index in [9.17, 15) is 5.11 Å². The first kappa shape index (κ1) is 13.8. The molecule has 0 radical (unpaired) electrons. The van der Waals surface area contributed by atoms with Gasteiger partial charge in [-0.1, -0.05) is 11.6 Å². The molecule has 104 valence electrons. The number of morpholine rings is 1. The fourth-order valence-corrected chi connectivity index (χ4v) is 2.38. The van der Waals surface area contributed by atoms with Crippen LogP contribution in [0.3, 0.4) is 0 Å². The second-order valence-corrected chi connectivity index (χ2v) is 5.07. The van der Waals surface area contributed by atoms with E-state index in [2.05, 4.69) is 11.8 Å². The number of anilines is 1. The maximum absolute atomic E-state index is 9.25. The molecule has 0 bridgehead atoms. The fraction of sp³-hybridized carbons (Fsp3) is 0.500. The van der Waals surface area contributed by atoms with Crippen LogP contribution in [0.1, 0.15) is 18.1 Å². The van der Waals surface area contributed by atoms with Crippen LogP contribution in [0.5, 0.6) is 0 Å². The van der Waals surface area contributed by atoms with E-state index < -0.39 is 0 Å². The molecule has 5 nitrogen and oxygen atoms in total. The Kier molecular flexibility index (Phi) is 4.07. The van der Waals surface area contributed by atoms with Crippen LogP contribution in [-0.4, -0.2) is 42.8 Å². The average molecular weight is 263 g/mol. The van der Waals surface area contributed by atoms with Gasteiger partial charge >= 0.3 is 0 Å². The quantitative estimate of drug-likeness (QED) is 0.558. The van der Waals surface area contributed by atoms with Crippen LogP contribution in [0.25, 0.3) is 0 Å². The van der Waals surface area contributed by atoms with Gasteiger partial charge in [0.2, 0.25) is 0 Å². The summed E-state index contributed by atoms with van der Waals surface area (Å²) in [6, 6.07) is 6.12. The van der Waals surface area contributed by atoms with E-state index in [1.54, 1.807) is 0 Å². The van der Waals surface area contributed by atoms with Gasteiger partial charge in [0.1, 0.15) is 5.84 Å². The molecule has 1 heterocycles. The maximum atomic E-state index is 9.25. The number of benzene rings is 1. The van der Waals surface area contributed by atoms with E-state index in [1.165, 1.54) is 0 Å². The molecule has 2 rings (SSSR count). The number of amidine groups is 1. The van der Waals surface area contributed by atoms with E-state index in [0.717, 1.165) is 16.8 Å². The number of ether oxygens (including phenoxy) is 1. The van der Waals surface area contributed by atoms with Gasteiger partial charge in [-0.3, -0.25) is 5.41 Å². The van der Waals surface area contributed by atoms with Crippen molar-refractivity contribution in [2.45, 2.75) is 26.0 Å². The van der Waals surface area contributed by atoms with Crippen molar-refractivity contribution in [2.75, 3.05) is 24.7 Å². The van der Waals surface area contributed by atoms with Gasteiger partial charge in [0.05, 0.1) is 19.3 Å². The van der Waals surface area contributed by atoms with E-state index in [1.807, 2.05) is 25.1 Å². The summed E-state index contributed by atoms with van der Waals surface area (Å²) in [6.07, 6.45) is -0.183. The van der Waals surface area contributed by atoms with E-state index in [4.69, 9.17) is 15.9 Å². The molecule has 2 atom stereocenters. The summed E-state index contributed by atoms with van der Waals surface area (Å²) in [4.78, 5) is 2.15. The Hall–Kier alpha value is -1.59. The number of rotatable bonds is 3. The molecule has 1 aromatic rings. The van der Waals surface area contributed by atoms with Crippen LogP contribution in [0, 0.1) is 12.3 Å². The summed E-state index contributed by atoms with van der Waals surface area (Å²) in [5.74, 6) is 0.0675. The van der Waals surface area contributed by atoms with Gasteiger partial charge in [-0.25, -0.2) is 0 Å². The minimum absolute atomic E-state index is 0.00445. The van der Waals surface area contributed by atoms with Crippen LogP contribution in [0.15, 0.2) is 18.2 Å². The summed E-state index contributed by atoms with van der Waals surface area (Å²) >= 11 is 0. The number of aliphatic hydroxyl groups is 1. The minimum Gasteiger partial charge on any atom is -0.394 e. The molecule has 1 saturated heterocycles. The number of hydrogen-bond donors (Lipinski definition) is 3. The first-order valence-electron chi connectivity index (χ1n) is 6.47. The fourth-order valence-electron chi connectivity index (χ4n) is 2.38. The van der Waals surface area contributed by atoms with Gasteiger partial charge in [-0.05, 0) is 26.0 Å². The molecule has 2 unspecified atom stereocenters. The summed E-state index contributed by atoms with van der Waals surface area (Å²) in [7, 11) is 0. The van der Waals surface area contributed by atoms with Crippen molar-refractivity contribution in [3.05, 3.63) is 29.3 Å². The van der Waals surface area contributed by atoms with Crippen LogP contribution < -0.4 is 10.6 Å². The van der Waals surface area contributed by atoms with Crippen molar-refractivity contribution in [1.29, 1.82) is 5.41 Å². The molecular formula is C14H21N3O2. The Labute approximate surface area is 113 Å². The smallest absolute Gasteiger partial charge is 0.124 e. The van der Waals surface area contributed by atoms with Crippen molar-refractivity contribution in [2.24, 2.45) is 5.73 Å². The zero-order valence-electron chi connectivity index (χ0n) is 11.4. The average Bonchev–Trinajstić information content (AvgIpc) is 2.39. The zero-order valence-corrected chi connectivity index (χ0v) is 11.4. The van der Waals surface area contributed by atoms with Gasteiger partial charge in [-0.15, -0.1) is 0 Å². The molecule has 1 aromatic carbocycles. The molecule has 1 aliphatic rings. The molecule has 0 aliphatic carbocycles. The summed E-state index contributed by atoms with van der Waals surface area (Å²) < 4.78 is 5.54. The predicted octanol–water partition coefficient (Wildman–Crippen LogP) is 0.865. The molecule has 5 heteroatoms. The second kappa shape index (κ2) is 5.59. The highest BCUT2D eigenvalue weighted by Gasteiger charge is 2.27. The Morgan fingerprint density at radius 1 is 1.58 bits per heavy atom. The number of aryl methyl sites for hydroxylation is 1. The normalized spacial score (nSPS) is 23.4. The largest absolute Gasteiger partial charge is 0.394 e. The first-order valence-corrected chi connectivity index (χ1v) is 6.47. The number of aliphatic hydroxyl groups excluding tert-OH is 1. The lowest BCUT2D eigenvalue weighted by molar-refractivity contribution is -0.0103. The second-order valence-electron chi connectivity index (χ2n) is 5.07. The number of nitrogens with zero attached hydrogens (tertiary/aromatic N) is 1. The zero-order chi connectivity index (χ0) is 14.0. The lowest BCUT2D eigenvalue weighted by Crippen LogP contribution is -2.50. The van der Waals surface area contributed by atoms with Gasteiger partial charge in [0.15, 0.2) is 0 Å². The number of nitrogen functional groups attached to an aromatic ring is 1. The monoisotopic (exact) mass is 263 g/mol. The maximum Gasteiger partial charge on any atom is 0.124 e. The van der Waals surface area contributed by atoms with Gasteiger partial charge < -0.3 is 20.5 Å². The molecule has 1 fully saturated rings. The van der Waals surface area contributed by atoms with Crippen molar-refractivity contribution in [3.8, 4) is 0 Å². The highest BCUT2D eigenvalue weighted by atomic mass is 16.5. The molecule has 0 amide bonds. The Morgan fingerprint density at radius 3 is 2.95 bits per heavy atom. The third kappa shape index (κ3) is 2.88. The molecule has 4 N–H and O–H groups in total. The molecular weight excluding hydrogens is 242 g/mol. The lowest BCUT2D eigenvalue weighted by atomic mass is 10.0. The number of hydrogen-bond acceptors (Lipinski definition) is 4. The molecule has 0 saturated carbocycles. The molecule has 0 spiro atoms. The highest BCUT2D eigenvalue weighted by molar-refractivity contribution is 6.00. The molecule has 1 aliphatic heterocycles. The molecule has 19 heavy (non-hydrogen) atoms. The van der Waals surface area contributed by atoms with Crippen LogP contribution in [0.2, 0.25) is 0 Å². The highest BCUT2D eigenvalue weighted by Crippen LogP contribution is 2.26. The van der Waals surface area contributed by atoms with Gasteiger partial charge in [-0.2, -0.15) is 0 Å².